The Labute approximate surface area is 169 Å². The molecule has 0 unspecified atom stereocenters. The van der Waals surface area contributed by atoms with Crippen LogP contribution in [0.2, 0.25) is 5.02 Å². The molecule has 0 saturated heterocycles. The first-order valence-corrected chi connectivity index (χ1v) is 10.3. The fourth-order valence-electron chi connectivity index (χ4n) is 3.08. The molecule has 6 nitrogen and oxygen atoms in total. The number of thioether (sulfide) groups is 1. The van der Waals surface area contributed by atoms with Gasteiger partial charge in [-0.3, -0.25) is 14.3 Å². The summed E-state index contributed by atoms with van der Waals surface area (Å²) in [5.74, 6) is 1.26. The van der Waals surface area contributed by atoms with Crippen molar-refractivity contribution in [2.45, 2.75) is 24.0 Å². The number of pyridine rings is 1. The van der Waals surface area contributed by atoms with Gasteiger partial charge < -0.3 is 4.42 Å². The number of ketones is 1. The van der Waals surface area contributed by atoms with Crippen LogP contribution in [0.5, 0.6) is 0 Å². The molecule has 3 aromatic heterocycles. The first kappa shape index (κ1) is 17.5. The van der Waals surface area contributed by atoms with Crippen molar-refractivity contribution in [1.82, 2.24) is 19.7 Å². The number of halogens is 1. The maximum atomic E-state index is 12.6. The third kappa shape index (κ3) is 3.31. The van der Waals surface area contributed by atoms with E-state index < -0.39 is 0 Å². The Morgan fingerprint density at radius 2 is 2.14 bits per heavy atom. The normalized spacial score (nSPS) is 13.9. The molecule has 0 bridgehead atoms. The standard InChI is InChI=1S/C20H15ClN4O2S/c21-14-3-6-17-13(8-14)9-18(27-17)16(26)11-28-20-24-23-19(25(20)15-4-5-15)12-2-1-7-22-10-12/h1-3,6-10,15H,4-5,11H2. The molecule has 0 radical (unpaired) electrons. The molecule has 1 aliphatic rings. The van der Waals surface area contributed by atoms with Crippen LogP contribution in [-0.4, -0.2) is 31.3 Å². The molecule has 5 rings (SSSR count). The molecule has 0 N–H and O–H groups in total. The van der Waals surface area contributed by atoms with Crippen molar-refractivity contribution < 1.29 is 9.21 Å². The first-order valence-electron chi connectivity index (χ1n) is 8.89. The van der Waals surface area contributed by atoms with E-state index in [0.717, 1.165) is 34.8 Å². The molecular weight excluding hydrogens is 396 g/mol. The third-order valence-corrected chi connectivity index (χ3v) is 5.76. The molecule has 28 heavy (non-hydrogen) atoms. The highest BCUT2D eigenvalue weighted by Gasteiger charge is 2.30. The Morgan fingerprint density at radius 3 is 2.93 bits per heavy atom. The Hall–Kier alpha value is -2.64. The lowest BCUT2D eigenvalue weighted by Gasteiger charge is -2.08. The summed E-state index contributed by atoms with van der Waals surface area (Å²) in [6, 6.07) is 11.3. The second kappa shape index (κ2) is 7.07. The molecule has 0 aliphatic heterocycles. The van der Waals surface area contributed by atoms with E-state index in [1.807, 2.05) is 12.1 Å². The van der Waals surface area contributed by atoms with Gasteiger partial charge in [-0.15, -0.1) is 10.2 Å². The number of furan rings is 1. The van der Waals surface area contributed by atoms with E-state index in [-0.39, 0.29) is 11.5 Å². The number of benzene rings is 1. The van der Waals surface area contributed by atoms with Crippen LogP contribution >= 0.6 is 23.4 Å². The van der Waals surface area contributed by atoms with Crippen LogP contribution in [0.1, 0.15) is 29.4 Å². The molecule has 0 amide bonds. The van der Waals surface area contributed by atoms with Gasteiger partial charge >= 0.3 is 0 Å². The molecule has 3 heterocycles. The molecule has 1 aliphatic carbocycles. The number of hydrogen-bond donors (Lipinski definition) is 0. The van der Waals surface area contributed by atoms with Gasteiger partial charge in [0, 0.05) is 34.4 Å². The average molecular weight is 411 g/mol. The van der Waals surface area contributed by atoms with E-state index in [2.05, 4.69) is 19.7 Å². The maximum absolute atomic E-state index is 12.6. The Bertz CT molecular complexity index is 1170. The number of carbonyl (C=O) groups is 1. The molecule has 4 aromatic rings. The van der Waals surface area contributed by atoms with Crippen LogP contribution in [0.25, 0.3) is 22.4 Å². The lowest BCUT2D eigenvalue weighted by atomic mass is 10.2. The van der Waals surface area contributed by atoms with E-state index in [4.69, 9.17) is 16.0 Å². The predicted molar refractivity (Wildman–Crippen MR) is 108 cm³/mol. The Kier molecular flexibility index (Phi) is 4.41. The Morgan fingerprint density at radius 1 is 1.25 bits per heavy atom. The van der Waals surface area contributed by atoms with E-state index >= 15 is 0 Å². The van der Waals surface area contributed by atoms with Crippen LogP contribution in [0.4, 0.5) is 0 Å². The fraction of sp³-hybridized carbons (Fsp3) is 0.200. The summed E-state index contributed by atoms with van der Waals surface area (Å²) in [6.07, 6.45) is 5.70. The van der Waals surface area contributed by atoms with Crippen molar-refractivity contribution in [1.29, 1.82) is 0 Å². The molecule has 1 aromatic carbocycles. The van der Waals surface area contributed by atoms with Crippen LogP contribution in [0, 0.1) is 0 Å². The van der Waals surface area contributed by atoms with Gasteiger partial charge in [0.15, 0.2) is 16.7 Å². The summed E-state index contributed by atoms with van der Waals surface area (Å²) in [4.78, 5) is 16.8. The smallest absolute Gasteiger partial charge is 0.208 e. The topological polar surface area (TPSA) is 73.8 Å². The van der Waals surface area contributed by atoms with E-state index in [1.165, 1.54) is 11.8 Å². The molecule has 8 heteroatoms. The quantitative estimate of drug-likeness (QED) is 0.327. The van der Waals surface area contributed by atoms with Gasteiger partial charge in [-0.2, -0.15) is 0 Å². The highest BCUT2D eigenvalue weighted by molar-refractivity contribution is 7.99. The molecule has 140 valence electrons. The van der Waals surface area contributed by atoms with E-state index in [0.29, 0.717) is 22.4 Å². The van der Waals surface area contributed by atoms with Gasteiger partial charge in [0.05, 0.1) is 5.75 Å². The summed E-state index contributed by atoms with van der Waals surface area (Å²) in [5.41, 5.74) is 1.58. The minimum absolute atomic E-state index is 0.0920. The SMILES string of the molecule is O=C(CSc1nnc(-c2cccnc2)n1C1CC1)c1cc2cc(Cl)ccc2o1. The monoisotopic (exact) mass is 410 g/mol. The van der Waals surface area contributed by atoms with Gasteiger partial charge in [0.25, 0.3) is 0 Å². The van der Waals surface area contributed by atoms with Crippen molar-refractivity contribution in [2.24, 2.45) is 0 Å². The van der Waals surface area contributed by atoms with Crippen molar-refractivity contribution in [2.75, 3.05) is 5.75 Å². The molecule has 0 atom stereocenters. The second-order valence-electron chi connectivity index (χ2n) is 6.65. The maximum Gasteiger partial charge on any atom is 0.208 e. The second-order valence-corrected chi connectivity index (χ2v) is 8.03. The number of nitrogens with zero attached hydrogens (tertiary/aromatic N) is 4. The number of aromatic nitrogens is 4. The van der Waals surface area contributed by atoms with Crippen LogP contribution in [-0.2, 0) is 0 Å². The fourth-order valence-corrected chi connectivity index (χ4v) is 4.14. The minimum atomic E-state index is -0.0920. The van der Waals surface area contributed by atoms with Crippen LogP contribution in [0.15, 0.2) is 58.4 Å². The zero-order valence-corrected chi connectivity index (χ0v) is 16.3. The van der Waals surface area contributed by atoms with E-state index in [9.17, 15) is 4.79 Å². The van der Waals surface area contributed by atoms with Gasteiger partial charge in [-0.1, -0.05) is 23.4 Å². The number of rotatable bonds is 6. The minimum Gasteiger partial charge on any atom is -0.453 e. The van der Waals surface area contributed by atoms with Crippen molar-refractivity contribution in [3.05, 3.63) is 59.6 Å². The zero-order chi connectivity index (χ0) is 19.1. The van der Waals surface area contributed by atoms with Crippen molar-refractivity contribution >= 4 is 40.1 Å². The highest BCUT2D eigenvalue weighted by atomic mass is 35.5. The predicted octanol–water partition coefficient (Wildman–Crippen LogP) is 5.05. The largest absolute Gasteiger partial charge is 0.453 e. The van der Waals surface area contributed by atoms with Gasteiger partial charge in [0.1, 0.15) is 5.58 Å². The van der Waals surface area contributed by atoms with Crippen LogP contribution < -0.4 is 0 Å². The zero-order valence-electron chi connectivity index (χ0n) is 14.7. The lowest BCUT2D eigenvalue weighted by Crippen LogP contribution is -2.04. The number of Topliss-reactive ketones (excluding diaryl/α,β-unsaturated/α-hetero) is 1. The first-order chi connectivity index (χ1) is 13.7. The van der Waals surface area contributed by atoms with Crippen molar-refractivity contribution in [3.8, 4) is 11.4 Å². The van der Waals surface area contributed by atoms with Gasteiger partial charge in [0.2, 0.25) is 5.78 Å². The van der Waals surface area contributed by atoms with E-state index in [1.54, 1.807) is 36.7 Å². The van der Waals surface area contributed by atoms with Crippen LogP contribution in [0.3, 0.4) is 0 Å². The summed E-state index contributed by atoms with van der Waals surface area (Å²) < 4.78 is 7.78. The van der Waals surface area contributed by atoms with Gasteiger partial charge in [-0.05, 0) is 49.2 Å². The number of carbonyl (C=O) groups excluding carboxylic acids is 1. The summed E-state index contributed by atoms with van der Waals surface area (Å²) in [5, 5.41) is 10.8. The molecule has 0 spiro atoms. The average Bonchev–Trinajstić information content (AvgIpc) is 3.32. The highest BCUT2D eigenvalue weighted by Crippen LogP contribution is 2.41. The third-order valence-electron chi connectivity index (χ3n) is 4.58. The Balaban J connectivity index is 1.37. The summed E-state index contributed by atoms with van der Waals surface area (Å²) >= 11 is 7.38. The summed E-state index contributed by atoms with van der Waals surface area (Å²) in [7, 11) is 0. The summed E-state index contributed by atoms with van der Waals surface area (Å²) in [6.45, 7) is 0. The number of hydrogen-bond acceptors (Lipinski definition) is 6. The number of fused-ring (bicyclic) bond motifs is 1. The molecule has 1 saturated carbocycles. The van der Waals surface area contributed by atoms with Gasteiger partial charge in [-0.25, -0.2) is 0 Å². The van der Waals surface area contributed by atoms with Crippen molar-refractivity contribution in [3.63, 3.8) is 0 Å². The molecule has 1 fully saturated rings. The lowest BCUT2D eigenvalue weighted by molar-refractivity contribution is 0.0994. The molecular formula is C20H15ClN4O2S.